The Hall–Kier alpha value is -2.32. The fraction of sp³-hybridized carbons (Fsp3) is 0.833. The Morgan fingerprint density at radius 3 is 2.30 bits per heavy atom. The number of rotatable bonds is 8. The number of esters is 1. The summed E-state index contributed by atoms with van der Waals surface area (Å²) in [6.45, 7) is 10.3. The van der Waals surface area contributed by atoms with Crippen molar-refractivity contribution in [1.82, 2.24) is 15.1 Å². The molecule has 0 aromatic rings. The standard InChI is InChI=1S/C24H41N3O6/c1-5-32-21(29)10-13-25-22(30)19-7-6-14-27(17-19)20(28)9-8-18-11-15-26(16-12-18)23(31)33-24(2,3)4/h18-19H,5-17H2,1-4H3,(H,25,30)/t19-/m1/s1. The van der Waals surface area contributed by atoms with Gasteiger partial charge in [0, 0.05) is 39.1 Å². The van der Waals surface area contributed by atoms with Crippen LogP contribution in [0.2, 0.25) is 0 Å². The number of nitrogens with zero attached hydrogens (tertiary/aromatic N) is 2. The summed E-state index contributed by atoms with van der Waals surface area (Å²) >= 11 is 0. The quantitative estimate of drug-likeness (QED) is 0.550. The average molecular weight is 468 g/mol. The fourth-order valence-corrected chi connectivity index (χ4v) is 4.30. The van der Waals surface area contributed by atoms with E-state index in [1.54, 1.807) is 16.7 Å². The number of carbonyl (C=O) groups excluding carboxylic acids is 4. The molecule has 9 nitrogen and oxygen atoms in total. The highest BCUT2D eigenvalue weighted by Crippen LogP contribution is 2.25. The van der Waals surface area contributed by atoms with E-state index in [0.29, 0.717) is 45.1 Å². The largest absolute Gasteiger partial charge is 0.466 e. The lowest BCUT2D eigenvalue weighted by atomic mass is 9.91. The lowest BCUT2D eigenvalue weighted by Crippen LogP contribution is -2.46. The van der Waals surface area contributed by atoms with Crippen LogP contribution in [-0.4, -0.2) is 78.6 Å². The third-order valence-electron chi connectivity index (χ3n) is 6.11. The Morgan fingerprint density at radius 1 is 0.970 bits per heavy atom. The normalized spacial score (nSPS) is 19.7. The zero-order valence-electron chi connectivity index (χ0n) is 20.7. The molecule has 0 unspecified atom stereocenters. The maximum absolute atomic E-state index is 12.8. The van der Waals surface area contributed by atoms with E-state index in [-0.39, 0.29) is 42.8 Å². The van der Waals surface area contributed by atoms with Crippen LogP contribution in [0.25, 0.3) is 0 Å². The third-order valence-corrected chi connectivity index (χ3v) is 6.11. The fourth-order valence-electron chi connectivity index (χ4n) is 4.30. The number of piperidine rings is 2. The zero-order valence-corrected chi connectivity index (χ0v) is 20.7. The first-order chi connectivity index (χ1) is 15.6. The van der Waals surface area contributed by atoms with Gasteiger partial charge in [0.2, 0.25) is 11.8 Å². The van der Waals surface area contributed by atoms with E-state index >= 15 is 0 Å². The van der Waals surface area contributed by atoms with Crippen molar-refractivity contribution in [3.05, 3.63) is 0 Å². The summed E-state index contributed by atoms with van der Waals surface area (Å²) in [6.07, 6.45) is 4.45. The summed E-state index contributed by atoms with van der Waals surface area (Å²) in [5, 5.41) is 2.79. The summed E-state index contributed by atoms with van der Waals surface area (Å²) in [5.74, 6) is -0.156. The van der Waals surface area contributed by atoms with Crippen LogP contribution in [0.15, 0.2) is 0 Å². The van der Waals surface area contributed by atoms with E-state index in [2.05, 4.69) is 5.32 Å². The number of carbonyl (C=O) groups is 4. The van der Waals surface area contributed by atoms with Crippen LogP contribution < -0.4 is 5.32 Å². The second-order valence-electron chi connectivity index (χ2n) is 9.97. The summed E-state index contributed by atoms with van der Waals surface area (Å²) in [7, 11) is 0. The number of ether oxygens (including phenoxy) is 2. The smallest absolute Gasteiger partial charge is 0.410 e. The van der Waals surface area contributed by atoms with Crippen molar-refractivity contribution >= 4 is 23.9 Å². The lowest BCUT2D eigenvalue weighted by molar-refractivity contribution is -0.143. The van der Waals surface area contributed by atoms with Crippen molar-refractivity contribution in [2.24, 2.45) is 11.8 Å². The van der Waals surface area contributed by atoms with Gasteiger partial charge in [-0.2, -0.15) is 0 Å². The first kappa shape index (κ1) is 26.9. The molecule has 0 bridgehead atoms. The summed E-state index contributed by atoms with van der Waals surface area (Å²) in [6, 6.07) is 0. The van der Waals surface area contributed by atoms with Gasteiger partial charge in [-0.1, -0.05) is 0 Å². The highest BCUT2D eigenvalue weighted by atomic mass is 16.6. The average Bonchev–Trinajstić information content (AvgIpc) is 2.77. The van der Waals surface area contributed by atoms with Gasteiger partial charge in [0.1, 0.15) is 5.60 Å². The maximum Gasteiger partial charge on any atom is 0.410 e. The molecule has 0 aromatic heterocycles. The maximum atomic E-state index is 12.8. The number of hydrogen-bond acceptors (Lipinski definition) is 6. The highest BCUT2D eigenvalue weighted by Gasteiger charge is 2.30. The van der Waals surface area contributed by atoms with Gasteiger partial charge < -0.3 is 24.6 Å². The molecule has 2 aliphatic heterocycles. The van der Waals surface area contributed by atoms with Gasteiger partial charge >= 0.3 is 12.1 Å². The second-order valence-corrected chi connectivity index (χ2v) is 9.97. The molecule has 0 radical (unpaired) electrons. The van der Waals surface area contributed by atoms with E-state index in [4.69, 9.17) is 9.47 Å². The molecule has 2 saturated heterocycles. The summed E-state index contributed by atoms with van der Waals surface area (Å²) in [4.78, 5) is 52.3. The first-order valence-corrected chi connectivity index (χ1v) is 12.3. The van der Waals surface area contributed by atoms with Crippen molar-refractivity contribution in [2.45, 2.75) is 78.2 Å². The van der Waals surface area contributed by atoms with E-state index in [1.807, 2.05) is 20.8 Å². The van der Waals surface area contributed by atoms with Gasteiger partial charge in [0.25, 0.3) is 0 Å². The predicted octanol–water partition coefficient (Wildman–Crippen LogP) is 2.72. The Kier molecular flexibility index (Phi) is 10.4. The lowest BCUT2D eigenvalue weighted by Gasteiger charge is -2.34. The van der Waals surface area contributed by atoms with Crippen LogP contribution in [0, 0.1) is 11.8 Å². The van der Waals surface area contributed by atoms with Crippen molar-refractivity contribution in [3.63, 3.8) is 0 Å². The molecule has 33 heavy (non-hydrogen) atoms. The van der Waals surface area contributed by atoms with E-state index in [1.165, 1.54) is 0 Å². The van der Waals surface area contributed by atoms with Crippen molar-refractivity contribution in [2.75, 3.05) is 39.3 Å². The molecule has 0 spiro atoms. The highest BCUT2D eigenvalue weighted by molar-refractivity contribution is 5.81. The molecule has 2 rings (SSSR count). The Bertz CT molecular complexity index is 682. The van der Waals surface area contributed by atoms with Crippen LogP contribution in [0.3, 0.4) is 0 Å². The minimum atomic E-state index is -0.496. The molecule has 2 heterocycles. The van der Waals surface area contributed by atoms with Crippen molar-refractivity contribution in [3.8, 4) is 0 Å². The van der Waals surface area contributed by atoms with E-state index in [9.17, 15) is 19.2 Å². The van der Waals surface area contributed by atoms with Crippen LogP contribution >= 0.6 is 0 Å². The Morgan fingerprint density at radius 2 is 1.67 bits per heavy atom. The summed E-state index contributed by atoms with van der Waals surface area (Å²) < 4.78 is 10.3. The topological polar surface area (TPSA) is 105 Å². The molecule has 0 aliphatic carbocycles. The van der Waals surface area contributed by atoms with Gasteiger partial charge in [-0.3, -0.25) is 14.4 Å². The molecular formula is C24H41N3O6. The van der Waals surface area contributed by atoms with Gasteiger partial charge in [-0.25, -0.2) is 4.79 Å². The van der Waals surface area contributed by atoms with Crippen LogP contribution in [0.4, 0.5) is 4.79 Å². The van der Waals surface area contributed by atoms with Gasteiger partial charge in [-0.15, -0.1) is 0 Å². The molecule has 3 amide bonds. The number of hydrogen-bond donors (Lipinski definition) is 1. The number of amides is 3. The molecule has 2 fully saturated rings. The SMILES string of the molecule is CCOC(=O)CCNC(=O)[C@@H]1CCCN(C(=O)CCC2CCN(C(=O)OC(C)(C)C)CC2)C1. The molecule has 2 aliphatic rings. The Labute approximate surface area is 197 Å². The van der Waals surface area contributed by atoms with Gasteiger partial charge in [-0.05, 0) is 65.7 Å². The Balaban J connectivity index is 1.68. The molecule has 0 aromatic carbocycles. The van der Waals surface area contributed by atoms with E-state index < -0.39 is 5.60 Å². The second kappa shape index (κ2) is 12.8. The zero-order chi connectivity index (χ0) is 24.4. The number of nitrogens with one attached hydrogen (secondary N) is 1. The minimum Gasteiger partial charge on any atom is -0.466 e. The minimum absolute atomic E-state index is 0.0913. The van der Waals surface area contributed by atoms with Crippen molar-refractivity contribution in [1.29, 1.82) is 0 Å². The monoisotopic (exact) mass is 467 g/mol. The summed E-state index contributed by atoms with van der Waals surface area (Å²) in [5.41, 5.74) is -0.496. The molecule has 0 saturated carbocycles. The van der Waals surface area contributed by atoms with Gasteiger partial charge in [0.15, 0.2) is 0 Å². The molecular weight excluding hydrogens is 426 g/mol. The van der Waals surface area contributed by atoms with Crippen molar-refractivity contribution < 1.29 is 28.7 Å². The van der Waals surface area contributed by atoms with Crippen LogP contribution in [-0.2, 0) is 23.9 Å². The number of likely N-dealkylation sites (tertiary alicyclic amines) is 2. The first-order valence-electron chi connectivity index (χ1n) is 12.3. The molecule has 1 atom stereocenters. The molecule has 188 valence electrons. The van der Waals surface area contributed by atoms with Crippen LogP contribution in [0.1, 0.15) is 72.6 Å². The molecule has 1 N–H and O–H groups in total. The van der Waals surface area contributed by atoms with E-state index in [0.717, 1.165) is 32.1 Å². The predicted molar refractivity (Wildman–Crippen MR) is 123 cm³/mol. The molecule has 9 heteroatoms. The van der Waals surface area contributed by atoms with Crippen LogP contribution in [0.5, 0.6) is 0 Å². The van der Waals surface area contributed by atoms with Gasteiger partial charge in [0.05, 0.1) is 18.9 Å². The third kappa shape index (κ3) is 9.60.